The zero-order chi connectivity index (χ0) is 16.5. The van der Waals surface area contributed by atoms with Gasteiger partial charge in [0.25, 0.3) is 5.91 Å². The van der Waals surface area contributed by atoms with E-state index >= 15 is 0 Å². The summed E-state index contributed by atoms with van der Waals surface area (Å²) >= 11 is 5.05. The molecular weight excluding hydrogens is 310 g/mol. The molecule has 0 unspecified atom stereocenters. The van der Waals surface area contributed by atoms with E-state index in [0.717, 1.165) is 12.8 Å². The molecule has 5 nitrogen and oxygen atoms in total. The summed E-state index contributed by atoms with van der Waals surface area (Å²) in [5, 5.41) is 8.53. The average Bonchev–Trinajstić information content (AvgIpc) is 2.82. The molecule has 0 aliphatic heterocycles. The average molecular weight is 333 g/mol. The lowest BCUT2D eigenvalue weighted by atomic mass is 10.1. The maximum absolute atomic E-state index is 11.9. The molecule has 1 aromatic carbocycles. The van der Waals surface area contributed by atoms with E-state index in [2.05, 4.69) is 16.0 Å². The number of nitrogens with one attached hydrogen (secondary N) is 3. The fourth-order valence-corrected chi connectivity index (χ4v) is 2.84. The summed E-state index contributed by atoms with van der Waals surface area (Å²) in [5.74, 6) is -0.375. The molecule has 23 heavy (non-hydrogen) atoms. The Morgan fingerprint density at radius 1 is 1.04 bits per heavy atom. The molecule has 0 aromatic heterocycles. The van der Waals surface area contributed by atoms with Crippen molar-refractivity contribution < 1.29 is 9.59 Å². The molecule has 2 rings (SSSR count). The van der Waals surface area contributed by atoms with Gasteiger partial charge in [0.15, 0.2) is 5.11 Å². The van der Waals surface area contributed by atoms with Crippen molar-refractivity contribution in [1.82, 2.24) is 16.0 Å². The van der Waals surface area contributed by atoms with Crippen LogP contribution in [0.4, 0.5) is 0 Å². The van der Waals surface area contributed by atoms with E-state index in [1.165, 1.54) is 25.7 Å². The summed E-state index contributed by atoms with van der Waals surface area (Å²) in [6, 6.07) is 9.08. The molecule has 6 heteroatoms. The van der Waals surface area contributed by atoms with E-state index in [1.54, 1.807) is 24.3 Å². The predicted octanol–water partition coefficient (Wildman–Crippen LogP) is 2.13. The minimum Gasteiger partial charge on any atom is -0.353 e. The predicted molar refractivity (Wildman–Crippen MR) is 94.1 cm³/mol. The van der Waals surface area contributed by atoms with Gasteiger partial charge < -0.3 is 10.6 Å². The Bertz CT molecular complexity index is 540. The molecule has 0 radical (unpaired) electrons. The lowest BCUT2D eigenvalue weighted by Gasteiger charge is -2.17. The molecule has 0 atom stereocenters. The minimum atomic E-state index is -0.285. The SMILES string of the molecule is O=C(CNC(=S)NC(=O)c1ccccc1)NC1CCCCCC1. The number of benzene rings is 1. The summed E-state index contributed by atoms with van der Waals surface area (Å²) < 4.78 is 0. The maximum Gasteiger partial charge on any atom is 0.257 e. The number of hydrogen-bond acceptors (Lipinski definition) is 3. The molecule has 1 aromatic rings. The highest BCUT2D eigenvalue weighted by Gasteiger charge is 2.15. The van der Waals surface area contributed by atoms with E-state index < -0.39 is 0 Å². The first-order chi connectivity index (χ1) is 11.1. The molecule has 1 aliphatic rings. The second-order valence-electron chi connectivity index (χ2n) is 5.76. The fraction of sp³-hybridized carbons (Fsp3) is 0.471. The van der Waals surface area contributed by atoms with Crippen LogP contribution in [0, 0.1) is 0 Å². The molecule has 0 heterocycles. The first-order valence-corrected chi connectivity index (χ1v) is 8.49. The van der Waals surface area contributed by atoms with Gasteiger partial charge in [0.1, 0.15) is 0 Å². The van der Waals surface area contributed by atoms with Crippen LogP contribution in [0.1, 0.15) is 48.9 Å². The van der Waals surface area contributed by atoms with Crippen LogP contribution in [0.3, 0.4) is 0 Å². The third kappa shape index (κ3) is 6.36. The largest absolute Gasteiger partial charge is 0.353 e. The molecule has 2 amide bonds. The Morgan fingerprint density at radius 2 is 1.70 bits per heavy atom. The lowest BCUT2D eigenvalue weighted by molar-refractivity contribution is -0.120. The standard InChI is InChI=1S/C17H23N3O2S/c21-15(19-14-10-6-1-2-7-11-14)12-18-17(23)20-16(22)13-8-4-3-5-9-13/h3-5,8-9,14H,1-2,6-7,10-12H2,(H,19,21)(H2,18,20,22,23). The van der Waals surface area contributed by atoms with Crippen LogP contribution in [-0.2, 0) is 4.79 Å². The van der Waals surface area contributed by atoms with Crippen LogP contribution in [0.2, 0.25) is 0 Å². The second kappa shape index (κ2) is 9.25. The molecule has 0 saturated heterocycles. The zero-order valence-electron chi connectivity index (χ0n) is 13.1. The molecule has 0 spiro atoms. The van der Waals surface area contributed by atoms with Crippen LogP contribution in [0.5, 0.6) is 0 Å². The number of hydrogen-bond donors (Lipinski definition) is 3. The molecule has 0 bridgehead atoms. The minimum absolute atomic E-state index is 0.0738. The highest BCUT2D eigenvalue weighted by Crippen LogP contribution is 2.16. The van der Waals surface area contributed by atoms with Crippen molar-refractivity contribution in [3.8, 4) is 0 Å². The van der Waals surface area contributed by atoms with Crippen LogP contribution in [0.15, 0.2) is 30.3 Å². The Morgan fingerprint density at radius 3 is 2.35 bits per heavy atom. The van der Waals surface area contributed by atoms with Gasteiger partial charge in [-0.2, -0.15) is 0 Å². The van der Waals surface area contributed by atoms with Crippen molar-refractivity contribution in [3.63, 3.8) is 0 Å². The van der Waals surface area contributed by atoms with Crippen molar-refractivity contribution >= 4 is 29.1 Å². The highest BCUT2D eigenvalue weighted by atomic mass is 32.1. The van der Waals surface area contributed by atoms with Crippen LogP contribution in [-0.4, -0.2) is 29.5 Å². The quantitative estimate of drug-likeness (QED) is 0.583. The zero-order valence-corrected chi connectivity index (χ0v) is 14.0. The Labute approximate surface area is 142 Å². The first-order valence-electron chi connectivity index (χ1n) is 8.09. The van der Waals surface area contributed by atoms with Gasteiger partial charge in [0, 0.05) is 11.6 Å². The molecule has 1 saturated carbocycles. The normalized spacial score (nSPS) is 15.3. The van der Waals surface area contributed by atoms with Crippen LogP contribution >= 0.6 is 12.2 Å². The number of carbonyl (C=O) groups excluding carboxylic acids is 2. The number of carbonyl (C=O) groups is 2. The van der Waals surface area contributed by atoms with Gasteiger partial charge in [-0.1, -0.05) is 43.9 Å². The lowest BCUT2D eigenvalue weighted by Crippen LogP contribution is -2.46. The van der Waals surface area contributed by atoms with Crippen molar-refractivity contribution in [2.75, 3.05) is 6.54 Å². The third-order valence-electron chi connectivity index (χ3n) is 3.89. The first kappa shape index (κ1) is 17.4. The van der Waals surface area contributed by atoms with Crippen LogP contribution in [0.25, 0.3) is 0 Å². The van der Waals surface area contributed by atoms with Gasteiger partial charge >= 0.3 is 0 Å². The van der Waals surface area contributed by atoms with Crippen molar-refractivity contribution in [2.45, 2.75) is 44.6 Å². The summed E-state index contributed by atoms with van der Waals surface area (Å²) in [5.41, 5.74) is 0.527. The number of amides is 2. The van der Waals surface area contributed by atoms with E-state index in [-0.39, 0.29) is 29.5 Å². The fourth-order valence-electron chi connectivity index (χ4n) is 2.67. The second-order valence-corrected chi connectivity index (χ2v) is 6.17. The summed E-state index contributed by atoms with van der Waals surface area (Å²) in [6.45, 7) is 0.0738. The van der Waals surface area contributed by atoms with E-state index in [1.807, 2.05) is 6.07 Å². The van der Waals surface area contributed by atoms with Gasteiger partial charge in [0.05, 0.1) is 6.54 Å². The molecule has 124 valence electrons. The van der Waals surface area contributed by atoms with Crippen molar-refractivity contribution in [2.24, 2.45) is 0 Å². The summed E-state index contributed by atoms with van der Waals surface area (Å²) in [7, 11) is 0. The Balaban J connectivity index is 1.69. The highest BCUT2D eigenvalue weighted by molar-refractivity contribution is 7.80. The maximum atomic E-state index is 11.9. The van der Waals surface area contributed by atoms with E-state index in [9.17, 15) is 9.59 Å². The topological polar surface area (TPSA) is 70.2 Å². The monoisotopic (exact) mass is 333 g/mol. The molecule has 3 N–H and O–H groups in total. The molecular formula is C17H23N3O2S. The summed E-state index contributed by atoms with van der Waals surface area (Å²) in [6.07, 6.45) is 6.93. The van der Waals surface area contributed by atoms with Crippen molar-refractivity contribution in [1.29, 1.82) is 0 Å². The number of rotatable bonds is 4. The van der Waals surface area contributed by atoms with Crippen LogP contribution < -0.4 is 16.0 Å². The van der Waals surface area contributed by atoms with Crippen molar-refractivity contribution in [3.05, 3.63) is 35.9 Å². The smallest absolute Gasteiger partial charge is 0.257 e. The van der Waals surface area contributed by atoms with E-state index in [0.29, 0.717) is 5.56 Å². The van der Waals surface area contributed by atoms with Gasteiger partial charge in [-0.05, 0) is 37.2 Å². The molecule has 1 fully saturated rings. The van der Waals surface area contributed by atoms with Gasteiger partial charge in [-0.15, -0.1) is 0 Å². The third-order valence-corrected chi connectivity index (χ3v) is 4.14. The van der Waals surface area contributed by atoms with Gasteiger partial charge in [0.2, 0.25) is 5.91 Å². The van der Waals surface area contributed by atoms with Gasteiger partial charge in [-0.25, -0.2) is 0 Å². The van der Waals surface area contributed by atoms with E-state index in [4.69, 9.17) is 12.2 Å². The number of thiocarbonyl (C=S) groups is 1. The Hall–Kier alpha value is -1.95. The Kier molecular flexibility index (Phi) is 7.00. The summed E-state index contributed by atoms with van der Waals surface area (Å²) in [4.78, 5) is 23.9. The van der Waals surface area contributed by atoms with Gasteiger partial charge in [-0.3, -0.25) is 14.9 Å². The molecule has 1 aliphatic carbocycles.